The maximum Gasteiger partial charge on any atom is 0.0689 e. The monoisotopic (exact) mass is 227 g/mol. The predicted octanol–water partition coefficient (Wildman–Crippen LogP) is 3.18. The van der Waals surface area contributed by atoms with Crippen molar-refractivity contribution in [1.82, 2.24) is 0 Å². The van der Waals surface area contributed by atoms with Crippen LogP contribution in [-0.2, 0) is 0 Å². The maximum atomic E-state index is 6.66. The highest BCUT2D eigenvalue weighted by molar-refractivity contribution is 6.99. The lowest BCUT2D eigenvalue weighted by Crippen LogP contribution is -2.73. The molecular formula is C11H25NSi2. The van der Waals surface area contributed by atoms with Crippen molar-refractivity contribution in [3.8, 4) is 0 Å². The van der Waals surface area contributed by atoms with Gasteiger partial charge in [-0.2, -0.15) is 0 Å². The van der Waals surface area contributed by atoms with Crippen LogP contribution in [0, 0.1) is 0 Å². The molecule has 0 aromatic rings. The van der Waals surface area contributed by atoms with Crippen LogP contribution in [0.5, 0.6) is 0 Å². The summed E-state index contributed by atoms with van der Waals surface area (Å²) in [5, 5.41) is 0. The Labute approximate surface area is 91.1 Å². The fraction of sp³-hybridized carbons (Fsp3) is 0.636. The molecule has 1 nitrogen and oxygen atoms in total. The molecule has 0 saturated heterocycles. The van der Waals surface area contributed by atoms with Gasteiger partial charge >= 0.3 is 0 Å². The van der Waals surface area contributed by atoms with Crippen LogP contribution < -0.4 is 5.73 Å². The van der Waals surface area contributed by atoms with Crippen LogP contribution in [0.25, 0.3) is 0 Å². The van der Waals surface area contributed by atoms with Crippen LogP contribution in [0.15, 0.2) is 24.8 Å². The summed E-state index contributed by atoms with van der Waals surface area (Å²) in [5.74, 6) is 0. The first-order valence-electron chi connectivity index (χ1n) is 5.09. The first-order valence-corrected chi connectivity index (χ1v) is 12.1. The average molecular weight is 227 g/mol. The van der Waals surface area contributed by atoms with Crippen LogP contribution in [-0.4, -0.2) is 20.9 Å². The Hall–Kier alpha value is -0.126. The highest BCUT2D eigenvalue weighted by Gasteiger charge is 2.50. The summed E-state index contributed by atoms with van der Waals surface area (Å²) in [7, 11) is -2.92. The van der Waals surface area contributed by atoms with Gasteiger partial charge in [-0.15, -0.1) is 0 Å². The molecule has 0 aliphatic heterocycles. The molecular weight excluding hydrogens is 202 g/mol. The Bertz CT molecular complexity index is 229. The third-order valence-electron chi connectivity index (χ3n) is 3.12. The van der Waals surface area contributed by atoms with E-state index in [2.05, 4.69) is 52.4 Å². The highest BCUT2D eigenvalue weighted by atomic mass is 28.4. The molecule has 0 unspecified atom stereocenters. The van der Waals surface area contributed by atoms with Gasteiger partial charge < -0.3 is 5.73 Å². The van der Waals surface area contributed by atoms with E-state index >= 15 is 0 Å². The molecule has 0 aliphatic rings. The smallest absolute Gasteiger partial charge is 0.0689 e. The van der Waals surface area contributed by atoms with Gasteiger partial charge in [0.2, 0.25) is 0 Å². The second kappa shape index (κ2) is 3.79. The van der Waals surface area contributed by atoms with E-state index < -0.39 is 16.1 Å². The zero-order valence-electron chi connectivity index (χ0n) is 10.6. The quantitative estimate of drug-likeness (QED) is 0.579. The summed E-state index contributed by atoms with van der Waals surface area (Å²) in [6.45, 7) is 21.8. The van der Waals surface area contributed by atoms with Crippen LogP contribution in [0.3, 0.4) is 0 Å². The number of hydrogen-bond acceptors (Lipinski definition) is 1. The molecule has 0 fully saturated rings. The highest BCUT2D eigenvalue weighted by Crippen LogP contribution is 2.34. The third-order valence-corrected chi connectivity index (χ3v) is 13.0. The standard InChI is InChI=1S/C11H25NSi2/c1-9-10(2)11(12,13(3,4)5)14(6,7)8/h9H,1-2,12H2,3-8H3. The van der Waals surface area contributed by atoms with Crippen LogP contribution in [0.2, 0.25) is 39.3 Å². The lowest BCUT2D eigenvalue weighted by Gasteiger charge is -2.49. The van der Waals surface area contributed by atoms with Crippen molar-refractivity contribution in [2.75, 3.05) is 0 Å². The van der Waals surface area contributed by atoms with E-state index in [1.54, 1.807) is 0 Å². The second-order valence-electron chi connectivity index (χ2n) is 6.04. The molecule has 0 saturated carbocycles. The summed E-state index contributed by atoms with van der Waals surface area (Å²) in [6.07, 6.45) is 1.84. The van der Waals surface area contributed by atoms with Crippen LogP contribution in [0.4, 0.5) is 0 Å². The first kappa shape index (κ1) is 13.9. The molecule has 0 amide bonds. The Morgan fingerprint density at radius 1 is 1.07 bits per heavy atom. The third kappa shape index (κ3) is 2.10. The Morgan fingerprint density at radius 3 is 1.43 bits per heavy atom. The molecule has 0 radical (unpaired) electrons. The van der Waals surface area contributed by atoms with Gasteiger partial charge in [0, 0.05) is 4.79 Å². The molecule has 2 N–H and O–H groups in total. The molecule has 0 rings (SSSR count). The van der Waals surface area contributed by atoms with E-state index in [9.17, 15) is 0 Å². The van der Waals surface area contributed by atoms with Crippen molar-refractivity contribution in [3.05, 3.63) is 24.8 Å². The summed E-state index contributed by atoms with van der Waals surface area (Å²) < 4.78 is 0. The van der Waals surface area contributed by atoms with Gasteiger partial charge in [-0.05, 0) is 5.57 Å². The fourth-order valence-electron chi connectivity index (χ4n) is 2.25. The minimum atomic E-state index is -1.46. The van der Waals surface area contributed by atoms with Gasteiger partial charge in [-0.1, -0.05) is 58.5 Å². The molecule has 0 heterocycles. The van der Waals surface area contributed by atoms with Gasteiger partial charge in [0.15, 0.2) is 0 Å². The van der Waals surface area contributed by atoms with Crippen molar-refractivity contribution in [2.45, 2.75) is 44.1 Å². The molecule has 0 atom stereocenters. The summed E-state index contributed by atoms with van der Waals surface area (Å²) >= 11 is 0. The van der Waals surface area contributed by atoms with E-state index in [1.807, 2.05) is 6.08 Å². The molecule has 0 aromatic carbocycles. The number of hydrogen-bond donors (Lipinski definition) is 1. The summed E-state index contributed by atoms with van der Waals surface area (Å²) in [5.41, 5.74) is 7.70. The Kier molecular flexibility index (Phi) is 3.76. The topological polar surface area (TPSA) is 26.0 Å². The minimum absolute atomic E-state index is 0.151. The fourth-order valence-corrected chi connectivity index (χ4v) is 13.4. The Morgan fingerprint density at radius 2 is 1.36 bits per heavy atom. The van der Waals surface area contributed by atoms with Crippen molar-refractivity contribution in [1.29, 1.82) is 0 Å². The molecule has 0 bridgehead atoms. The lowest BCUT2D eigenvalue weighted by molar-refractivity contribution is 0.888. The Balaban J connectivity index is 5.52. The lowest BCUT2D eigenvalue weighted by atomic mass is 10.3. The van der Waals surface area contributed by atoms with Gasteiger partial charge in [0.1, 0.15) is 0 Å². The zero-order chi connectivity index (χ0) is 11.8. The molecule has 14 heavy (non-hydrogen) atoms. The van der Waals surface area contributed by atoms with Gasteiger partial charge in [0.25, 0.3) is 0 Å². The summed E-state index contributed by atoms with van der Waals surface area (Å²) in [4.78, 5) is -0.151. The summed E-state index contributed by atoms with van der Waals surface area (Å²) in [6, 6.07) is 0. The molecule has 0 aromatic heterocycles. The second-order valence-corrected chi connectivity index (χ2v) is 17.1. The van der Waals surface area contributed by atoms with E-state index in [0.717, 1.165) is 5.57 Å². The number of nitrogens with two attached hydrogens (primary N) is 1. The molecule has 0 aliphatic carbocycles. The zero-order valence-corrected chi connectivity index (χ0v) is 12.6. The molecule has 82 valence electrons. The van der Waals surface area contributed by atoms with Crippen molar-refractivity contribution in [3.63, 3.8) is 0 Å². The maximum absolute atomic E-state index is 6.66. The van der Waals surface area contributed by atoms with Gasteiger partial charge in [-0.3, -0.25) is 0 Å². The van der Waals surface area contributed by atoms with Crippen molar-refractivity contribution >= 4 is 16.1 Å². The number of rotatable bonds is 4. The van der Waals surface area contributed by atoms with Crippen molar-refractivity contribution in [2.24, 2.45) is 5.73 Å². The van der Waals surface area contributed by atoms with E-state index in [-0.39, 0.29) is 4.79 Å². The predicted molar refractivity (Wildman–Crippen MR) is 72.9 cm³/mol. The van der Waals surface area contributed by atoms with E-state index in [1.165, 1.54) is 0 Å². The largest absolute Gasteiger partial charge is 0.326 e. The van der Waals surface area contributed by atoms with Crippen molar-refractivity contribution < 1.29 is 0 Å². The minimum Gasteiger partial charge on any atom is -0.326 e. The van der Waals surface area contributed by atoms with Gasteiger partial charge in [-0.25, -0.2) is 0 Å². The average Bonchev–Trinajstić information content (AvgIpc) is 1.97. The van der Waals surface area contributed by atoms with Crippen LogP contribution >= 0.6 is 0 Å². The molecule has 0 spiro atoms. The van der Waals surface area contributed by atoms with E-state index in [4.69, 9.17) is 5.73 Å². The SMILES string of the molecule is C=CC(=C)C(N)([Si](C)(C)C)[Si](C)(C)C. The van der Waals surface area contributed by atoms with E-state index in [0.29, 0.717) is 0 Å². The molecule has 3 heteroatoms. The normalized spacial score (nSPS) is 13.9. The van der Waals surface area contributed by atoms with Gasteiger partial charge in [0.05, 0.1) is 16.1 Å². The first-order chi connectivity index (χ1) is 5.98. The van der Waals surface area contributed by atoms with Crippen LogP contribution in [0.1, 0.15) is 0 Å².